The van der Waals surface area contributed by atoms with E-state index in [0.717, 1.165) is 11.6 Å². The molecule has 0 heterocycles. The molecule has 0 unspecified atom stereocenters. The average molecular weight is 318 g/mol. The summed E-state index contributed by atoms with van der Waals surface area (Å²) < 4.78 is 53.1. The zero-order valence-corrected chi connectivity index (χ0v) is 12.5. The fourth-order valence-corrected chi connectivity index (χ4v) is 2.50. The van der Waals surface area contributed by atoms with Crippen molar-refractivity contribution in [2.24, 2.45) is 0 Å². The van der Waals surface area contributed by atoms with Crippen LogP contribution in [0.15, 0.2) is 40.8 Å². The van der Waals surface area contributed by atoms with Gasteiger partial charge in [-0.2, -0.15) is 8.78 Å². The van der Waals surface area contributed by atoms with Gasteiger partial charge in [0.2, 0.25) is 9.84 Å². The van der Waals surface area contributed by atoms with E-state index >= 15 is 0 Å². The molecular formula is C14H16F2O4S. The van der Waals surface area contributed by atoms with Gasteiger partial charge < -0.3 is 4.74 Å². The van der Waals surface area contributed by atoms with Crippen LogP contribution in [0.2, 0.25) is 0 Å². The second-order valence-electron chi connectivity index (χ2n) is 4.55. The Morgan fingerprint density at radius 2 is 1.90 bits per heavy atom. The minimum atomic E-state index is -4.74. The van der Waals surface area contributed by atoms with Gasteiger partial charge in [0.25, 0.3) is 0 Å². The lowest BCUT2D eigenvalue weighted by molar-refractivity contribution is -0.141. The fourth-order valence-electron chi connectivity index (χ4n) is 1.53. The van der Waals surface area contributed by atoms with Gasteiger partial charge in [0.15, 0.2) is 0 Å². The van der Waals surface area contributed by atoms with Crippen molar-refractivity contribution >= 4 is 15.8 Å². The SMILES string of the molecule is CC(C)=CCOC(=O)Cc1ccccc1S(=O)(=O)C(F)F. The van der Waals surface area contributed by atoms with Crippen molar-refractivity contribution in [3.8, 4) is 0 Å². The maximum Gasteiger partial charge on any atom is 0.341 e. The maximum absolute atomic E-state index is 12.6. The third-order valence-corrected chi connectivity index (χ3v) is 4.06. The van der Waals surface area contributed by atoms with E-state index in [1.54, 1.807) is 6.08 Å². The number of ether oxygens (including phenoxy) is 1. The predicted octanol–water partition coefficient (Wildman–Crippen LogP) is 2.73. The lowest BCUT2D eigenvalue weighted by Gasteiger charge is -2.09. The third-order valence-electron chi connectivity index (χ3n) is 2.58. The molecule has 0 aliphatic rings. The lowest BCUT2D eigenvalue weighted by Crippen LogP contribution is -2.16. The standard InChI is InChI=1S/C14H16F2O4S/c1-10(2)7-8-20-13(17)9-11-5-3-4-6-12(11)21(18,19)14(15)16/h3-7,14H,8-9H2,1-2H3. The molecule has 116 valence electrons. The molecule has 0 radical (unpaired) electrons. The van der Waals surface area contributed by atoms with Crippen molar-refractivity contribution in [1.29, 1.82) is 0 Å². The lowest BCUT2D eigenvalue weighted by atomic mass is 10.1. The molecule has 0 aliphatic carbocycles. The summed E-state index contributed by atoms with van der Waals surface area (Å²) in [6.45, 7) is 3.72. The largest absolute Gasteiger partial charge is 0.461 e. The normalized spacial score (nSPS) is 11.3. The second-order valence-corrected chi connectivity index (χ2v) is 6.44. The van der Waals surface area contributed by atoms with Crippen LogP contribution in [0.5, 0.6) is 0 Å². The first-order valence-electron chi connectivity index (χ1n) is 6.14. The average Bonchev–Trinajstić information content (AvgIpc) is 2.38. The molecule has 0 saturated heterocycles. The molecule has 0 atom stereocenters. The molecule has 1 aromatic rings. The molecule has 0 aromatic heterocycles. The number of sulfone groups is 1. The van der Waals surface area contributed by atoms with Gasteiger partial charge in [0, 0.05) is 0 Å². The predicted molar refractivity (Wildman–Crippen MR) is 73.7 cm³/mol. The number of halogens is 2. The fraction of sp³-hybridized carbons (Fsp3) is 0.357. The summed E-state index contributed by atoms with van der Waals surface area (Å²) in [7, 11) is -4.74. The summed E-state index contributed by atoms with van der Waals surface area (Å²) in [5.74, 6) is -4.20. The van der Waals surface area contributed by atoms with Crippen LogP contribution in [0, 0.1) is 0 Å². The summed E-state index contributed by atoms with van der Waals surface area (Å²) in [5, 5.41) is 0. The van der Waals surface area contributed by atoms with E-state index in [1.165, 1.54) is 18.2 Å². The minimum absolute atomic E-state index is 0.000000000000000222. The highest BCUT2D eigenvalue weighted by Gasteiger charge is 2.29. The minimum Gasteiger partial charge on any atom is -0.461 e. The van der Waals surface area contributed by atoms with Crippen molar-refractivity contribution in [3.63, 3.8) is 0 Å². The number of carbonyl (C=O) groups excluding carboxylic acids is 1. The van der Waals surface area contributed by atoms with Crippen LogP contribution in [0.25, 0.3) is 0 Å². The Hall–Kier alpha value is -1.76. The van der Waals surface area contributed by atoms with E-state index in [1.807, 2.05) is 13.8 Å². The van der Waals surface area contributed by atoms with Gasteiger partial charge in [0.1, 0.15) is 6.61 Å². The highest BCUT2D eigenvalue weighted by atomic mass is 32.2. The molecule has 0 spiro atoms. The van der Waals surface area contributed by atoms with Crippen LogP contribution < -0.4 is 0 Å². The van der Waals surface area contributed by atoms with Crippen LogP contribution in [0.4, 0.5) is 8.78 Å². The molecule has 21 heavy (non-hydrogen) atoms. The molecule has 0 N–H and O–H groups in total. The first-order valence-corrected chi connectivity index (χ1v) is 7.68. The zero-order valence-electron chi connectivity index (χ0n) is 11.7. The number of allylic oxidation sites excluding steroid dienone is 1. The zero-order chi connectivity index (χ0) is 16.0. The number of alkyl halides is 2. The Labute approximate surface area is 122 Å². The highest BCUT2D eigenvalue weighted by molar-refractivity contribution is 7.91. The van der Waals surface area contributed by atoms with Crippen LogP contribution in [0.3, 0.4) is 0 Å². The first-order chi connectivity index (χ1) is 9.75. The molecule has 1 rings (SSSR count). The molecule has 1 aromatic carbocycles. The van der Waals surface area contributed by atoms with Crippen molar-refractivity contribution in [2.45, 2.75) is 30.9 Å². The van der Waals surface area contributed by atoms with E-state index in [4.69, 9.17) is 4.74 Å². The summed E-state index contributed by atoms with van der Waals surface area (Å²) in [5.41, 5.74) is 0.962. The number of rotatable bonds is 6. The highest BCUT2D eigenvalue weighted by Crippen LogP contribution is 2.22. The molecule has 4 nitrogen and oxygen atoms in total. The van der Waals surface area contributed by atoms with Gasteiger partial charge in [-0.1, -0.05) is 23.8 Å². The van der Waals surface area contributed by atoms with Crippen molar-refractivity contribution in [2.75, 3.05) is 6.61 Å². The number of esters is 1. The van der Waals surface area contributed by atoms with Gasteiger partial charge in [-0.25, -0.2) is 8.42 Å². The van der Waals surface area contributed by atoms with Crippen molar-refractivity contribution in [1.82, 2.24) is 0 Å². The molecule has 0 saturated carbocycles. The van der Waals surface area contributed by atoms with E-state index in [2.05, 4.69) is 0 Å². The second kappa shape index (κ2) is 7.31. The molecule has 0 bridgehead atoms. The van der Waals surface area contributed by atoms with Gasteiger partial charge in [0.05, 0.1) is 11.3 Å². The number of hydrogen-bond acceptors (Lipinski definition) is 4. The summed E-state index contributed by atoms with van der Waals surface area (Å²) >= 11 is 0. The molecular weight excluding hydrogens is 302 g/mol. The van der Waals surface area contributed by atoms with Gasteiger partial charge in [-0.3, -0.25) is 4.79 Å². The van der Waals surface area contributed by atoms with Gasteiger partial charge in [-0.15, -0.1) is 0 Å². The van der Waals surface area contributed by atoms with Crippen LogP contribution in [-0.2, 0) is 25.8 Å². The van der Waals surface area contributed by atoms with E-state index in [-0.39, 0.29) is 18.6 Å². The van der Waals surface area contributed by atoms with Crippen LogP contribution in [0.1, 0.15) is 19.4 Å². The Morgan fingerprint density at radius 3 is 2.48 bits per heavy atom. The number of carbonyl (C=O) groups is 1. The molecule has 0 amide bonds. The molecule has 0 fully saturated rings. The Bertz CT molecular complexity index is 632. The maximum atomic E-state index is 12.6. The third kappa shape index (κ3) is 4.93. The molecule has 0 aliphatic heterocycles. The van der Waals surface area contributed by atoms with Gasteiger partial charge >= 0.3 is 11.7 Å². The summed E-state index contributed by atoms with van der Waals surface area (Å²) in [6, 6.07) is 5.17. The van der Waals surface area contributed by atoms with Crippen molar-refractivity contribution in [3.05, 3.63) is 41.5 Å². The summed E-state index contributed by atoms with van der Waals surface area (Å²) in [4.78, 5) is 11.1. The Morgan fingerprint density at radius 1 is 1.29 bits per heavy atom. The topological polar surface area (TPSA) is 60.4 Å². The van der Waals surface area contributed by atoms with E-state index in [0.29, 0.717) is 0 Å². The molecule has 7 heteroatoms. The Balaban J connectivity index is 2.91. The van der Waals surface area contributed by atoms with Crippen LogP contribution >= 0.6 is 0 Å². The van der Waals surface area contributed by atoms with Crippen molar-refractivity contribution < 1.29 is 26.7 Å². The first kappa shape index (κ1) is 17.3. The quantitative estimate of drug-likeness (QED) is 0.598. The van der Waals surface area contributed by atoms with Crippen LogP contribution in [-0.4, -0.2) is 26.8 Å². The van der Waals surface area contributed by atoms with E-state index in [9.17, 15) is 22.0 Å². The smallest absolute Gasteiger partial charge is 0.341 e. The number of benzene rings is 1. The monoisotopic (exact) mass is 318 g/mol. The van der Waals surface area contributed by atoms with Gasteiger partial charge in [-0.05, 0) is 31.6 Å². The summed E-state index contributed by atoms with van der Waals surface area (Å²) in [6.07, 6.45) is 1.30. The number of hydrogen-bond donors (Lipinski definition) is 0. The Kier molecular flexibility index (Phi) is 6.02. The van der Waals surface area contributed by atoms with E-state index < -0.39 is 26.5 Å².